The predicted molar refractivity (Wildman–Crippen MR) is 78.1 cm³/mol. The van der Waals surface area contributed by atoms with E-state index < -0.39 is 11.5 Å². The fraction of sp³-hybridized carbons (Fsp3) is 0.400. The Labute approximate surface area is 118 Å². The number of hydrogen-bond acceptors (Lipinski definition) is 4. The highest BCUT2D eigenvalue weighted by atomic mass is 16.5. The van der Waals surface area contributed by atoms with Gasteiger partial charge in [-0.3, -0.25) is 0 Å². The van der Waals surface area contributed by atoms with Crippen molar-refractivity contribution >= 4 is 16.9 Å². The van der Waals surface area contributed by atoms with Gasteiger partial charge < -0.3 is 19.8 Å². The highest BCUT2D eigenvalue weighted by Gasteiger charge is 2.26. The molecule has 0 saturated heterocycles. The highest BCUT2D eigenvalue weighted by molar-refractivity contribution is 6.01. The molecule has 0 amide bonds. The molecule has 0 spiro atoms. The fourth-order valence-electron chi connectivity index (χ4n) is 2.35. The molecular formula is C15H20N2O3. The van der Waals surface area contributed by atoms with E-state index in [-0.39, 0.29) is 0 Å². The molecule has 0 fully saturated rings. The maximum absolute atomic E-state index is 12.1. The van der Waals surface area contributed by atoms with Crippen LogP contribution in [0.15, 0.2) is 24.3 Å². The zero-order valence-electron chi connectivity index (χ0n) is 12.3. The fourth-order valence-corrected chi connectivity index (χ4v) is 2.35. The number of carbonyl (C=O) groups is 1. The van der Waals surface area contributed by atoms with Crippen molar-refractivity contribution in [1.82, 2.24) is 4.57 Å². The number of ether oxygens (including phenoxy) is 2. The van der Waals surface area contributed by atoms with Crippen LogP contribution in [-0.4, -0.2) is 30.3 Å². The molecule has 0 saturated carbocycles. The van der Waals surface area contributed by atoms with Crippen LogP contribution < -0.4 is 10.5 Å². The topological polar surface area (TPSA) is 66.5 Å². The van der Waals surface area contributed by atoms with Crippen molar-refractivity contribution in [3.63, 3.8) is 0 Å². The number of nitrogens with two attached hydrogens (primary N) is 1. The number of fused-ring (bicyclic) bond motifs is 1. The van der Waals surface area contributed by atoms with Gasteiger partial charge in [-0.2, -0.15) is 0 Å². The maximum atomic E-state index is 12.1. The van der Waals surface area contributed by atoms with Gasteiger partial charge in [-0.05, 0) is 26.0 Å². The first-order valence-corrected chi connectivity index (χ1v) is 6.41. The van der Waals surface area contributed by atoms with Crippen molar-refractivity contribution in [1.29, 1.82) is 0 Å². The van der Waals surface area contributed by atoms with Crippen LogP contribution in [0.3, 0.4) is 0 Å². The van der Waals surface area contributed by atoms with Gasteiger partial charge in [-0.1, -0.05) is 12.1 Å². The molecule has 2 aromatic rings. The Morgan fingerprint density at radius 3 is 2.50 bits per heavy atom. The lowest BCUT2D eigenvalue weighted by atomic mass is 10.1. The third-order valence-electron chi connectivity index (χ3n) is 3.07. The Hall–Kier alpha value is -2.01. The van der Waals surface area contributed by atoms with Gasteiger partial charge in [0.25, 0.3) is 0 Å². The summed E-state index contributed by atoms with van der Waals surface area (Å²) in [6, 6.07) is 7.68. The molecule has 108 valence electrons. The van der Waals surface area contributed by atoms with E-state index in [1.54, 1.807) is 7.11 Å². The maximum Gasteiger partial charge on any atom is 0.358 e. The van der Waals surface area contributed by atoms with Gasteiger partial charge in [-0.25, -0.2) is 4.79 Å². The lowest BCUT2D eigenvalue weighted by Gasteiger charge is -2.21. The average Bonchev–Trinajstić information content (AvgIpc) is 2.70. The standard InChI is InChI=1S/C15H20N2O3/c1-15(2,16)9-17-11-8-6-5-7-10(11)13(19-3)12(17)14(18)20-4/h5-8H,9,16H2,1-4H3. The Balaban J connectivity index is 2.77. The average molecular weight is 276 g/mol. The van der Waals surface area contributed by atoms with E-state index in [0.717, 1.165) is 10.9 Å². The third-order valence-corrected chi connectivity index (χ3v) is 3.07. The van der Waals surface area contributed by atoms with Crippen LogP contribution in [0.5, 0.6) is 5.75 Å². The SMILES string of the molecule is COC(=O)c1c(OC)c2ccccc2n1CC(C)(C)N. The van der Waals surface area contributed by atoms with Crippen molar-refractivity contribution in [2.75, 3.05) is 14.2 Å². The quantitative estimate of drug-likeness (QED) is 0.869. The summed E-state index contributed by atoms with van der Waals surface area (Å²) in [6.45, 7) is 4.31. The van der Waals surface area contributed by atoms with Crippen LogP contribution in [0.4, 0.5) is 0 Å². The lowest BCUT2D eigenvalue weighted by Crippen LogP contribution is -2.37. The summed E-state index contributed by atoms with van der Waals surface area (Å²) in [6.07, 6.45) is 0. The van der Waals surface area contributed by atoms with Gasteiger partial charge in [0.15, 0.2) is 11.4 Å². The van der Waals surface area contributed by atoms with Crippen molar-refractivity contribution in [3.8, 4) is 5.75 Å². The first-order valence-electron chi connectivity index (χ1n) is 6.41. The summed E-state index contributed by atoms with van der Waals surface area (Å²) in [4.78, 5) is 12.1. The molecule has 0 atom stereocenters. The molecule has 0 aliphatic rings. The Kier molecular flexibility index (Phi) is 3.72. The number of aromatic nitrogens is 1. The van der Waals surface area contributed by atoms with E-state index in [4.69, 9.17) is 15.2 Å². The summed E-state index contributed by atoms with van der Waals surface area (Å²) in [7, 11) is 2.91. The van der Waals surface area contributed by atoms with E-state index in [1.807, 2.05) is 42.7 Å². The second kappa shape index (κ2) is 5.17. The number of carbonyl (C=O) groups excluding carboxylic acids is 1. The number of para-hydroxylation sites is 1. The van der Waals surface area contributed by atoms with Crippen molar-refractivity contribution in [3.05, 3.63) is 30.0 Å². The monoisotopic (exact) mass is 276 g/mol. The first kappa shape index (κ1) is 14.4. The van der Waals surface area contributed by atoms with Crippen LogP contribution in [0.1, 0.15) is 24.3 Å². The van der Waals surface area contributed by atoms with Gasteiger partial charge in [0.1, 0.15) is 0 Å². The number of nitrogens with zero attached hydrogens (tertiary/aromatic N) is 1. The van der Waals surface area contributed by atoms with E-state index >= 15 is 0 Å². The minimum absolute atomic E-state index is 0.398. The molecule has 1 aromatic carbocycles. The van der Waals surface area contributed by atoms with Gasteiger partial charge >= 0.3 is 5.97 Å². The number of esters is 1. The normalized spacial score (nSPS) is 11.7. The molecule has 1 heterocycles. The summed E-state index contributed by atoms with van der Waals surface area (Å²) in [5.41, 5.74) is 6.95. The largest absolute Gasteiger partial charge is 0.494 e. The van der Waals surface area contributed by atoms with E-state index in [1.165, 1.54) is 7.11 Å². The summed E-state index contributed by atoms with van der Waals surface area (Å²) < 4.78 is 12.2. The molecular weight excluding hydrogens is 256 g/mol. The predicted octanol–water partition coefficient (Wildman–Crippen LogP) is 2.17. The second-order valence-corrected chi connectivity index (χ2v) is 5.47. The van der Waals surface area contributed by atoms with Crippen molar-refractivity contribution in [2.24, 2.45) is 5.73 Å². The van der Waals surface area contributed by atoms with Gasteiger partial charge in [0.2, 0.25) is 0 Å². The summed E-state index contributed by atoms with van der Waals surface area (Å²) in [5, 5.41) is 0.875. The number of hydrogen-bond donors (Lipinski definition) is 1. The van der Waals surface area contributed by atoms with Gasteiger partial charge in [-0.15, -0.1) is 0 Å². The van der Waals surface area contributed by atoms with Crippen LogP contribution in [0, 0.1) is 0 Å². The molecule has 2 N–H and O–H groups in total. The molecule has 2 rings (SSSR count). The van der Waals surface area contributed by atoms with Crippen LogP contribution in [0.25, 0.3) is 10.9 Å². The Morgan fingerprint density at radius 2 is 1.95 bits per heavy atom. The molecule has 5 heteroatoms. The molecule has 20 heavy (non-hydrogen) atoms. The summed E-state index contributed by atoms with van der Waals surface area (Å²) in [5.74, 6) is 0.0963. The van der Waals surface area contributed by atoms with Crippen molar-refractivity contribution in [2.45, 2.75) is 25.9 Å². The summed E-state index contributed by atoms with van der Waals surface area (Å²) >= 11 is 0. The third kappa shape index (κ3) is 2.49. The molecule has 5 nitrogen and oxygen atoms in total. The number of methoxy groups -OCH3 is 2. The number of benzene rings is 1. The molecule has 0 aliphatic heterocycles. The van der Waals surface area contributed by atoms with E-state index in [2.05, 4.69) is 0 Å². The number of rotatable bonds is 4. The van der Waals surface area contributed by atoms with Crippen molar-refractivity contribution < 1.29 is 14.3 Å². The van der Waals surface area contributed by atoms with Crippen LogP contribution in [-0.2, 0) is 11.3 Å². The molecule has 0 bridgehead atoms. The Bertz CT molecular complexity index is 638. The Morgan fingerprint density at radius 1 is 1.30 bits per heavy atom. The van der Waals surface area contributed by atoms with Crippen LogP contribution in [0.2, 0.25) is 0 Å². The minimum atomic E-state index is -0.463. The second-order valence-electron chi connectivity index (χ2n) is 5.47. The smallest absolute Gasteiger partial charge is 0.358 e. The zero-order chi connectivity index (χ0) is 14.9. The lowest BCUT2D eigenvalue weighted by molar-refractivity contribution is 0.0584. The minimum Gasteiger partial charge on any atom is -0.494 e. The molecule has 0 aliphatic carbocycles. The van der Waals surface area contributed by atoms with Crippen LogP contribution >= 0.6 is 0 Å². The van der Waals surface area contributed by atoms with E-state index in [0.29, 0.717) is 18.0 Å². The molecule has 0 unspecified atom stereocenters. The van der Waals surface area contributed by atoms with Gasteiger partial charge in [0.05, 0.1) is 19.7 Å². The highest BCUT2D eigenvalue weighted by Crippen LogP contribution is 2.34. The van der Waals surface area contributed by atoms with Gasteiger partial charge in [0, 0.05) is 17.5 Å². The first-order chi connectivity index (χ1) is 9.39. The zero-order valence-corrected chi connectivity index (χ0v) is 12.3. The molecule has 0 radical (unpaired) electrons. The molecule has 1 aromatic heterocycles. The van der Waals surface area contributed by atoms with E-state index in [9.17, 15) is 4.79 Å².